The molecule has 0 saturated heterocycles. The zero-order valence-electron chi connectivity index (χ0n) is 14.1. The number of nitrogens with zero attached hydrogens (tertiary/aromatic N) is 3. The Morgan fingerprint density at radius 2 is 2.08 bits per heavy atom. The summed E-state index contributed by atoms with van der Waals surface area (Å²) in [6.07, 6.45) is 0.771. The van der Waals surface area contributed by atoms with Crippen LogP contribution in [0, 0.1) is 18.6 Å². The van der Waals surface area contributed by atoms with Crippen LogP contribution < -0.4 is 5.32 Å². The summed E-state index contributed by atoms with van der Waals surface area (Å²) in [6, 6.07) is 10.00. The molecule has 2 N–H and O–H groups in total. The van der Waals surface area contributed by atoms with Crippen LogP contribution in [0.4, 0.5) is 5.69 Å². The van der Waals surface area contributed by atoms with Crippen molar-refractivity contribution in [3.8, 4) is 0 Å². The first-order chi connectivity index (χ1) is 12.0. The van der Waals surface area contributed by atoms with Crippen molar-refractivity contribution in [2.75, 3.05) is 5.32 Å². The molecule has 130 valence electrons. The molecule has 2 aromatic heterocycles. The van der Waals surface area contributed by atoms with Gasteiger partial charge in [-0.25, -0.2) is 0 Å². The SMILES string of the molecule is Cc1noc(C)c1NC(=O)CCc1n[nH]c(=S)n1Cc1ccccc1. The predicted octanol–water partition coefficient (Wildman–Crippen LogP) is 3.17. The highest BCUT2D eigenvalue weighted by Gasteiger charge is 2.14. The van der Waals surface area contributed by atoms with E-state index in [9.17, 15) is 4.79 Å². The molecule has 8 heteroatoms. The van der Waals surface area contributed by atoms with Gasteiger partial charge < -0.3 is 9.84 Å². The van der Waals surface area contributed by atoms with Crippen molar-refractivity contribution in [2.45, 2.75) is 33.2 Å². The summed E-state index contributed by atoms with van der Waals surface area (Å²) < 4.78 is 7.50. The molecular weight excluding hydrogens is 338 g/mol. The molecule has 7 nitrogen and oxygen atoms in total. The molecule has 0 unspecified atom stereocenters. The molecule has 2 heterocycles. The number of aromatic amines is 1. The Morgan fingerprint density at radius 1 is 1.32 bits per heavy atom. The van der Waals surface area contributed by atoms with Crippen molar-refractivity contribution < 1.29 is 9.32 Å². The molecule has 1 aromatic carbocycles. The molecule has 0 saturated carbocycles. The maximum Gasteiger partial charge on any atom is 0.224 e. The minimum Gasteiger partial charge on any atom is -0.359 e. The van der Waals surface area contributed by atoms with E-state index in [1.54, 1.807) is 13.8 Å². The fourth-order valence-electron chi connectivity index (χ4n) is 2.56. The third kappa shape index (κ3) is 4.03. The molecule has 0 radical (unpaired) electrons. The molecule has 0 fully saturated rings. The zero-order chi connectivity index (χ0) is 17.8. The summed E-state index contributed by atoms with van der Waals surface area (Å²) in [6.45, 7) is 4.18. The van der Waals surface area contributed by atoms with Crippen LogP contribution >= 0.6 is 12.2 Å². The van der Waals surface area contributed by atoms with E-state index in [1.165, 1.54) is 0 Å². The van der Waals surface area contributed by atoms with Gasteiger partial charge in [0, 0.05) is 12.8 Å². The Balaban J connectivity index is 1.66. The van der Waals surface area contributed by atoms with Gasteiger partial charge in [0.15, 0.2) is 10.5 Å². The van der Waals surface area contributed by atoms with Crippen molar-refractivity contribution >= 4 is 23.8 Å². The highest BCUT2D eigenvalue weighted by Crippen LogP contribution is 2.19. The molecule has 3 rings (SSSR count). The lowest BCUT2D eigenvalue weighted by molar-refractivity contribution is -0.116. The van der Waals surface area contributed by atoms with E-state index in [1.807, 2.05) is 34.9 Å². The smallest absolute Gasteiger partial charge is 0.224 e. The lowest BCUT2D eigenvalue weighted by Crippen LogP contribution is -2.15. The largest absolute Gasteiger partial charge is 0.359 e. The average Bonchev–Trinajstić information content (AvgIpc) is 3.11. The number of nitrogens with one attached hydrogen (secondary N) is 2. The lowest BCUT2D eigenvalue weighted by atomic mass is 10.2. The number of aryl methyl sites for hydroxylation is 3. The van der Waals surface area contributed by atoms with Gasteiger partial charge in [0.2, 0.25) is 5.91 Å². The van der Waals surface area contributed by atoms with Crippen LogP contribution in [-0.2, 0) is 17.8 Å². The number of rotatable bonds is 6. The Morgan fingerprint density at radius 3 is 2.76 bits per heavy atom. The van der Waals surface area contributed by atoms with Gasteiger partial charge in [0.1, 0.15) is 17.2 Å². The number of H-pyrrole nitrogens is 1. The molecule has 0 aliphatic rings. The second-order valence-corrected chi connectivity index (χ2v) is 6.15. The van der Waals surface area contributed by atoms with Crippen molar-refractivity contribution in [1.29, 1.82) is 0 Å². The summed E-state index contributed by atoms with van der Waals surface area (Å²) in [4.78, 5) is 12.2. The van der Waals surface area contributed by atoms with Crippen LogP contribution in [0.2, 0.25) is 0 Å². The van der Waals surface area contributed by atoms with Crippen molar-refractivity contribution in [2.24, 2.45) is 0 Å². The van der Waals surface area contributed by atoms with Crippen LogP contribution in [0.1, 0.15) is 29.3 Å². The molecule has 3 aromatic rings. The third-order valence-electron chi connectivity index (χ3n) is 3.89. The molecule has 25 heavy (non-hydrogen) atoms. The first kappa shape index (κ1) is 17.1. The lowest BCUT2D eigenvalue weighted by Gasteiger charge is -2.07. The van der Waals surface area contributed by atoms with Gasteiger partial charge in [-0.1, -0.05) is 35.5 Å². The Hall–Kier alpha value is -2.74. The molecule has 0 atom stereocenters. The van der Waals surface area contributed by atoms with Gasteiger partial charge in [-0.2, -0.15) is 5.10 Å². The van der Waals surface area contributed by atoms with Crippen molar-refractivity contribution in [3.05, 3.63) is 57.9 Å². The van der Waals surface area contributed by atoms with Gasteiger partial charge in [-0.3, -0.25) is 14.5 Å². The Kier molecular flexibility index (Phi) is 5.08. The molecule has 0 aliphatic heterocycles. The molecular formula is C17H19N5O2S. The van der Waals surface area contributed by atoms with E-state index in [2.05, 4.69) is 20.7 Å². The quantitative estimate of drug-likeness (QED) is 0.662. The predicted molar refractivity (Wildman–Crippen MR) is 95.9 cm³/mol. The van der Waals surface area contributed by atoms with E-state index in [0.29, 0.717) is 41.3 Å². The fourth-order valence-corrected chi connectivity index (χ4v) is 2.77. The first-order valence-corrected chi connectivity index (χ1v) is 8.36. The van der Waals surface area contributed by atoms with Gasteiger partial charge >= 0.3 is 0 Å². The molecule has 1 amide bonds. The number of carbonyl (C=O) groups is 1. The van der Waals surface area contributed by atoms with Crippen molar-refractivity contribution in [3.63, 3.8) is 0 Å². The van der Waals surface area contributed by atoms with Crippen LogP contribution in [0.3, 0.4) is 0 Å². The standard InChI is InChI=1S/C17H19N5O2S/c1-11-16(12(2)24-21-11)18-15(23)9-8-14-19-20-17(25)22(14)10-13-6-4-3-5-7-13/h3-7H,8-10H2,1-2H3,(H,18,23)(H,20,25). The fraction of sp³-hybridized carbons (Fsp3) is 0.294. The second kappa shape index (κ2) is 7.43. The normalized spacial score (nSPS) is 10.8. The minimum atomic E-state index is -0.116. The van der Waals surface area contributed by atoms with Crippen molar-refractivity contribution in [1.82, 2.24) is 19.9 Å². The van der Waals surface area contributed by atoms with Crippen LogP contribution in [0.5, 0.6) is 0 Å². The van der Waals surface area contributed by atoms with Gasteiger partial charge in [-0.05, 0) is 31.6 Å². The summed E-state index contributed by atoms with van der Waals surface area (Å²) in [5.74, 6) is 1.23. The second-order valence-electron chi connectivity index (χ2n) is 5.76. The molecule has 0 spiro atoms. The number of hydrogen-bond donors (Lipinski definition) is 2. The van der Waals surface area contributed by atoms with Crippen LogP contribution in [0.15, 0.2) is 34.9 Å². The Bertz CT molecular complexity index is 907. The monoisotopic (exact) mass is 357 g/mol. The topological polar surface area (TPSA) is 88.7 Å². The summed E-state index contributed by atoms with van der Waals surface area (Å²) in [5, 5.41) is 13.7. The summed E-state index contributed by atoms with van der Waals surface area (Å²) in [5.41, 5.74) is 2.42. The number of aromatic nitrogens is 4. The van der Waals surface area contributed by atoms with E-state index in [-0.39, 0.29) is 5.91 Å². The first-order valence-electron chi connectivity index (χ1n) is 7.95. The molecule has 0 aliphatic carbocycles. The summed E-state index contributed by atoms with van der Waals surface area (Å²) in [7, 11) is 0. The highest BCUT2D eigenvalue weighted by molar-refractivity contribution is 7.71. The number of anilines is 1. The van der Waals surface area contributed by atoms with Gasteiger partial charge in [-0.15, -0.1) is 0 Å². The van der Waals surface area contributed by atoms with Crippen LogP contribution in [0.25, 0.3) is 0 Å². The van der Waals surface area contributed by atoms with Gasteiger partial charge in [0.05, 0.1) is 6.54 Å². The average molecular weight is 357 g/mol. The Labute approximate surface area is 150 Å². The third-order valence-corrected chi connectivity index (χ3v) is 4.21. The number of benzene rings is 1. The molecule has 0 bridgehead atoms. The van der Waals surface area contributed by atoms with E-state index < -0.39 is 0 Å². The van der Waals surface area contributed by atoms with Gasteiger partial charge in [0.25, 0.3) is 0 Å². The van der Waals surface area contributed by atoms with E-state index in [4.69, 9.17) is 16.7 Å². The number of amides is 1. The number of hydrogen-bond acceptors (Lipinski definition) is 5. The van der Waals surface area contributed by atoms with E-state index in [0.717, 1.165) is 11.4 Å². The zero-order valence-corrected chi connectivity index (χ0v) is 14.9. The maximum atomic E-state index is 12.2. The number of carbonyl (C=O) groups excluding carboxylic acids is 1. The van der Waals surface area contributed by atoms with E-state index >= 15 is 0 Å². The maximum absolute atomic E-state index is 12.2. The summed E-state index contributed by atoms with van der Waals surface area (Å²) >= 11 is 5.30. The minimum absolute atomic E-state index is 0.116. The van der Waals surface area contributed by atoms with Crippen LogP contribution in [-0.4, -0.2) is 25.8 Å². The highest BCUT2D eigenvalue weighted by atomic mass is 32.1.